The van der Waals surface area contributed by atoms with E-state index >= 15 is 0 Å². The maximum absolute atomic E-state index is 6.83. The molecule has 1 atom stereocenters. The van der Waals surface area contributed by atoms with Crippen molar-refractivity contribution in [1.82, 2.24) is 4.90 Å². The monoisotopic (exact) mass is 138 g/mol. The summed E-state index contributed by atoms with van der Waals surface area (Å²) >= 11 is 0. The van der Waals surface area contributed by atoms with Gasteiger partial charge in [0.1, 0.15) is 0 Å². The van der Waals surface area contributed by atoms with E-state index in [2.05, 4.69) is 23.6 Å². The predicted octanol–water partition coefficient (Wildman–Crippen LogP) is 1.39. The van der Waals surface area contributed by atoms with Crippen molar-refractivity contribution in [1.29, 1.82) is 0 Å². The first kappa shape index (κ1) is 7.56. The lowest BCUT2D eigenvalue weighted by atomic mass is 10.3. The number of nitrogens with zero attached hydrogens (tertiary/aromatic N) is 2. The molecular weight excluding hydrogens is 124 g/mol. The van der Waals surface area contributed by atoms with Crippen molar-refractivity contribution in [3.8, 4) is 0 Å². The number of rotatable bonds is 1. The standard InChI is InChI=1S/C8H14N2/c1-7(2)10-5-4-8(6-10)9-3/h7-8H,4-6H2,1-2H3/t8-/m1/s1. The molecule has 0 unspecified atom stereocenters. The van der Waals surface area contributed by atoms with E-state index in [9.17, 15) is 0 Å². The van der Waals surface area contributed by atoms with Crippen LogP contribution >= 0.6 is 0 Å². The Hall–Kier alpha value is -0.550. The summed E-state index contributed by atoms with van der Waals surface area (Å²) in [5.41, 5.74) is 0. The van der Waals surface area contributed by atoms with E-state index in [4.69, 9.17) is 6.57 Å². The van der Waals surface area contributed by atoms with E-state index in [0.717, 1.165) is 19.5 Å². The molecule has 0 saturated carbocycles. The molecular formula is C8H14N2. The van der Waals surface area contributed by atoms with Crippen molar-refractivity contribution >= 4 is 0 Å². The second kappa shape index (κ2) is 3.03. The van der Waals surface area contributed by atoms with Crippen LogP contribution in [0.2, 0.25) is 0 Å². The van der Waals surface area contributed by atoms with Gasteiger partial charge in [-0.25, -0.2) is 6.57 Å². The van der Waals surface area contributed by atoms with E-state index in [1.54, 1.807) is 0 Å². The SMILES string of the molecule is [C-]#[N+][C@@H]1CCN(C(C)C)C1. The average molecular weight is 138 g/mol. The first-order chi connectivity index (χ1) is 4.74. The molecule has 1 rings (SSSR count). The van der Waals surface area contributed by atoms with Gasteiger partial charge < -0.3 is 4.85 Å². The van der Waals surface area contributed by atoms with Crippen molar-refractivity contribution in [2.75, 3.05) is 13.1 Å². The van der Waals surface area contributed by atoms with Crippen LogP contribution in [0.25, 0.3) is 4.85 Å². The van der Waals surface area contributed by atoms with E-state index in [1.165, 1.54) is 0 Å². The van der Waals surface area contributed by atoms with Crippen LogP contribution in [0.3, 0.4) is 0 Å². The Balaban J connectivity index is 2.37. The summed E-state index contributed by atoms with van der Waals surface area (Å²) in [6.07, 6.45) is 1.07. The lowest BCUT2D eigenvalue weighted by Gasteiger charge is -2.17. The van der Waals surface area contributed by atoms with Gasteiger partial charge in [0.15, 0.2) is 0 Å². The Morgan fingerprint density at radius 3 is 2.60 bits per heavy atom. The molecule has 1 saturated heterocycles. The molecule has 0 aromatic carbocycles. The molecule has 0 bridgehead atoms. The average Bonchev–Trinajstić information content (AvgIpc) is 2.34. The molecule has 1 aliphatic rings. The molecule has 2 nitrogen and oxygen atoms in total. The highest BCUT2D eigenvalue weighted by Crippen LogP contribution is 2.14. The van der Waals surface area contributed by atoms with Crippen molar-refractivity contribution in [3.63, 3.8) is 0 Å². The first-order valence-electron chi connectivity index (χ1n) is 3.84. The summed E-state index contributed by atoms with van der Waals surface area (Å²) in [4.78, 5) is 5.89. The first-order valence-corrected chi connectivity index (χ1v) is 3.84. The van der Waals surface area contributed by atoms with Crippen molar-refractivity contribution in [3.05, 3.63) is 11.4 Å². The second-order valence-corrected chi connectivity index (χ2v) is 3.16. The Morgan fingerprint density at radius 2 is 2.30 bits per heavy atom. The van der Waals surface area contributed by atoms with Crippen LogP contribution in [0.1, 0.15) is 20.3 Å². The molecule has 10 heavy (non-hydrogen) atoms. The van der Waals surface area contributed by atoms with Gasteiger partial charge in [0.05, 0.1) is 6.54 Å². The van der Waals surface area contributed by atoms with Gasteiger partial charge in [0.25, 0.3) is 0 Å². The molecule has 0 aromatic rings. The third-order valence-corrected chi connectivity index (χ3v) is 2.11. The van der Waals surface area contributed by atoms with Gasteiger partial charge in [-0.15, -0.1) is 0 Å². The number of hydrogen-bond acceptors (Lipinski definition) is 1. The Labute approximate surface area is 62.7 Å². The number of hydrogen-bond donors (Lipinski definition) is 0. The highest BCUT2D eigenvalue weighted by molar-refractivity contribution is 4.89. The fourth-order valence-corrected chi connectivity index (χ4v) is 1.34. The van der Waals surface area contributed by atoms with Gasteiger partial charge >= 0.3 is 0 Å². The zero-order chi connectivity index (χ0) is 7.56. The van der Waals surface area contributed by atoms with Crippen LogP contribution < -0.4 is 0 Å². The van der Waals surface area contributed by atoms with Gasteiger partial charge in [-0.2, -0.15) is 0 Å². The molecule has 0 spiro atoms. The van der Waals surface area contributed by atoms with Crippen molar-refractivity contribution < 1.29 is 0 Å². The van der Waals surface area contributed by atoms with Gasteiger partial charge in [0.2, 0.25) is 6.04 Å². The number of likely N-dealkylation sites (tertiary alicyclic amines) is 1. The van der Waals surface area contributed by atoms with E-state index < -0.39 is 0 Å². The highest BCUT2D eigenvalue weighted by Gasteiger charge is 2.27. The molecule has 0 radical (unpaired) electrons. The van der Waals surface area contributed by atoms with Crippen molar-refractivity contribution in [2.45, 2.75) is 32.4 Å². The predicted molar refractivity (Wildman–Crippen MR) is 41.7 cm³/mol. The van der Waals surface area contributed by atoms with Gasteiger partial charge in [-0.1, -0.05) is 0 Å². The quantitative estimate of drug-likeness (QED) is 0.497. The van der Waals surface area contributed by atoms with Crippen molar-refractivity contribution in [2.24, 2.45) is 0 Å². The van der Waals surface area contributed by atoms with Crippen LogP contribution in [0, 0.1) is 6.57 Å². The molecule has 1 fully saturated rings. The minimum Gasteiger partial charge on any atom is -0.312 e. The maximum atomic E-state index is 6.83. The maximum Gasteiger partial charge on any atom is 0.237 e. The fraction of sp³-hybridized carbons (Fsp3) is 0.875. The van der Waals surface area contributed by atoms with E-state index in [0.29, 0.717) is 6.04 Å². The Morgan fingerprint density at radius 1 is 1.60 bits per heavy atom. The third kappa shape index (κ3) is 1.48. The van der Waals surface area contributed by atoms with Crippen LogP contribution in [-0.2, 0) is 0 Å². The van der Waals surface area contributed by atoms with E-state index in [-0.39, 0.29) is 6.04 Å². The molecule has 1 aliphatic heterocycles. The molecule has 56 valence electrons. The molecule has 0 aromatic heterocycles. The summed E-state index contributed by atoms with van der Waals surface area (Å²) in [5, 5.41) is 0. The van der Waals surface area contributed by atoms with Crippen LogP contribution in [0.5, 0.6) is 0 Å². The normalized spacial score (nSPS) is 27.2. The smallest absolute Gasteiger partial charge is 0.237 e. The summed E-state index contributed by atoms with van der Waals surface area (Å²) in [6, 6.07) is 0.897. The minimum absolute atomic E-state index is 0.280. The summed E-state index contributed by atoms with van der Waals surface area (Å²) in [7, 11) is 0. The van der Waals surface area contributed by atoms with E-state index in [1.807, 2.05) is 0 Å². The van der Waals surface area contributed by atoms with Crippen LogP contribution in [0.15, 0.2) is 0 Å². The highest BCUT2D eigenvalue weighted by atomic mass is 15.2. The fourth-order valence-electron chi connectivity index (χ4n) is 1.34. The van der Waals surface area contributed by atoms with Gasteiger partial charge in [-0.3, -0.25) is 4.90 Å². The summed E-state index contributed by atoms with van der Waals surface area (Å²) in [5.74, 6) is 0. The molecule has 1 heterocycles. The topological polar surface area (TPSA) is 7.60 Å². The van der Waals surface area contributed by atoms with Gasteiger partial charge in [0, 0.05) is 19.0 Å². The lowest BCUT2D eigenvalue weighted by Crippen LogP contribution is -2.28. The van der Waals surface area contributed by atoms with Crippen LogP contribution in [0.4, 0.5) is 0 Å². The summed E-state index contributed by atoms with van der Waals surface area (Å²) in [6.45, 7) is 13.3. The zero-order valence-electron chi connectivity index (χ0n) is 6.67. The molecule has 0 N–H and O–H groups in total. The summed E-state index contributed by atoms with van der Waals surface area (Å²) < 4.78 is 0. The Kier molecular flexibility index (Phi) is 2.29. The second-order valence-electron chi connectivity index (χ2n) is 3.16. The Bertz CT molecular complexity index is 146. The minimum atomic E-state index is 0.280. The zero-order valence-corrected chi connectivity index (χ0v) is 6.67. The molecule has 0 amide bonds. The third-order valence-electron chi connectivity index (χ3n) is 2.11. The van der Waals surface area contributed by atoms with Gasteiger partial charge in [-0.05, 0) is 13.8 Å². The largest absolute Gasteiger partial charge is 0.312 e. The molecule has 2 heteroatoms. The lowest BCUT2D eigenvalue weighted by molar-refractivity contribution is 0.275. The molecule has 0 aliphatic carbocycles. The van der Waals surface area contributed by atoms with Crippen LogP contribution in [-0.4, -0.2) is 30.1 Å².